The zero-order valence-corrected chi connectivity index (χ0v) is 21.9. The fourth-order valence-corrected chi connectivity index (χ4v) is 4.62. The molecule has 0 radical (unpaired) electrons. The van der Waals surface area contributed by atoms with Crippen LogP contribution in [0.5, 0.6) is 17.2 Å². The third-order valence-electron chi connectivity index (χ3n) is 5.98. The molecule has 0 aliphatic heterocycles. The van der Waals surface area contributed by atoms with Crippen LogP contribution in [0.4, 0.5) is 5.69 Å². The van der Waals surface area contributed by atoms with E-state index in [-0.39, 0.29) is 35.4 Å². The molecule has 0 saturated carbocycles. The van der Waals surface area contributed by atoms with Crippen molar-refractivity contribution in [3.8, 4) is 17.2 Å². The lowest BCUT2D eigenvalue weighted by molar-refractivity contribution is -0.0651. The van der Waals surface area contributed by atoms with Crippen LogP contribution in [0, 0.1) is 0 Å². The van der Waals surface area contributed by atoms with Crippen molar-refractivity contribution in [3.05, 3.63) is 59.4 Å². The largest absolute Gasteiger partial charge is 0.490 e. The van der Waals surface area contributed by atoms with Crippen LogP contribution >= 0.6 is 0 Å². The molecule has 0 aliphatic rings. The van der Waals surface area contributed by atoms with Gasteiger partial charge >= 0.3 is 5.69 Å². The number of aromatic nitrogens is 4. The highest BCUT2D eigenvalue weighted by Gasteiger charge is 2.24. The molecule has 198 valence electrons. The Morgan fingerprint density at radius 3 is 2.38 bits per heavy atom. The summed E-state index contributed by atoms with van der Waals surface area (Å²) >= 11 is 0. The maximum absolute atomic E-state index is 13.0. The number of aliphatic hydroxyl groups excluding tert-OH is 1. The maximum Gasteiger partial charge on any atom is 0.328 e. The Morgan fingerprint density at radius 2 is 1.76 bits per heavy atom. The number of aryl methyl sites for hydroxylation is 3. The molecule has 1 unspecified atom stereocenters. The van der Waals surface area contributed by atoms with Gasteiger partial charge in [-0.3, -0.25) is 13.9 Å². The van der Waals surface area contributed by atoms with Gasteiger partial charge < -0.3 is 23.9 Å². The highest BCUT2D eigenvalue weighted by molar-refractivity contribution is 7.92. The topological polar surface area (TPSA) is 139 Å². The van der Waals surface area contributed by atoms with E-state index in [1.807, 2.05) is 0 Å². The molecule has 2 aromatic carbocycles. The van der Waals surface area contributed by atoms with Gasteiger partial charge in [-0.05, 0) is 25.1 Å². The molecule has 0 fully saturated rings. The Kier molecular flexibility index (Phi) is 7.04. The van der Waals surface area contributed by atoms with Crippen LogP contribution in [0.1, 0.15) is 6.92 Å². The summed E-state index contributed by atoms with van der Waals surface area (Å²) in [6, 6.07) is 9.86. The maximum atomic E-state index is 13.0. The van der Waals surface area contributed by atoms with Crippen LogP contribution in [0.3, 0.4) is 0 Å². The number of methoxy groups -OCH3 is 1. The molecule has 4 rings (SSSR count). The van der Waals surface area contributed by atoms with Crippen molar-refractivity contribution in [1.29, 1.82) is 0 Å². The van der Waals surface area contributed by atoms with Gasteiger partial charge in [0.2, 0.25) is 0 Å². The van der Waals surface area contributed by atoms with E-state index in [0.717, 1.165) is 0 Å². The number of sulfonamides is 1. The smallest absolute Gasteiger partial charge is 0.328 e. The van der Waals surface area contributed by atoms with Gasteiger partial charge in [-0.15, -0.1) is 0 Å². The van der Waals surface area contributed by atoms with E-state index in [1.165, 1.54) is 39.4 Å². The zero-order valence-electron chi connectivity index (χ0n) is 21.1. The lowest BCUT2D eigenvalue weighted by Crippen LogP contribution is -2.38. The molecule has 0 spiro atoms. The average Bonchev–Trinajstić information content (AvgIpc) is 3.41. The minimum atomic E-state index is -4.05. The molecule has 12 nitrogen and oxygen atoms in total. The number of imidazole rings is 2. The minimum absolute atomic E-state index is 0.0939. The minimum Gasteiger partial charge on any atom is -0.490 e. The van der Waals surface area contributed by atoms with E-state index in [4.69, 9.17) is 14.2 Å². The van der Waals surface area contributed by atoms with Gasteiger partial charge in [-0.2, -0.15) is 8.42 Å². The number of rotatable bonds is 10. The fraction of sp³-hybridized carbons (Fsp3) is 0.333. The first-order valence-corrected chi connectivity index (χ1v) is 12.7. The highest BCUT2D eigenvalue weighted by Crippen LogP contribution is 2.36. The number of anilines is 1. The summed E-state index contributed by atoms with van der Waals surface area (Å²) in [5.74, 6) is 0.986. The summed E-state index contributed by atoms with van der Waals surface area (Å²) in [6.07, 6.45) is 2.76. The number of hydrogen-bond acceptors (Lipinski definition) is 8. The Bertz CT molecular complexity index is 1600. The van der Waals surface area contributed by atoms with Crippen LogP contribution in [-0.4, -0.2) is 58.1 Å². The Hall–Kier alpha value is -3.81. The predicted molar refractivity (Wildman–Crippen MR) is 137 cm³/mol. The quantitative estimate of drug-likeness (QED) is 0.317. The van der Waals surface area contributed by atoms with Crippen molar-refractivity contribution in [2.75, 3.05) is 25.0 Å². The van der Waals surface area contributed by atoms with Crippen molar-refractivity contribution in [1.82, 2.24) is 18.7 Å². The summed E-state index contributed by atoms with van der Waals surface area (Å²) < 4.78 is 50.1. The molecule has 2 heterocycles. The third kappa shape index (κ3) is 5.33. The van der Waals surface area contributed by atoms with Crippen LogP contribution in [-0.2, 0) is 35.9 Å². The van der Waals surface area contributed by atoms with Gasteiger partial charge in [-0.25, -0.2) is 9.78 Å². The predicted octanol–water partition coefficient (Wildman–Crippen LogP) is 1.98. The molecule has 0 aliphatic carbocycles. The van der Waals surface area contributed by atoms with Crippen LogP contribution in [0.25, 0.3) is 11.0 Å². The van der Waals surface area contributed by atoms with E-state index < -0.39 is 15.6 Å². The van der Waals surface area contributed by atoms with Crippen molar-refractivity contribution in [3.63, 3.8) is 0 Å². The van der Waals surface area contributed by atoms with Crippen molar-refractivity contribution >= 4 is 26.7 Å². The molecule has 2 aromatic heterocycles. The summed E-state index contributed by atoms with van der Waals surface area (Å²) in [4.78, 5) is 16.4. The lowest BCUT2D eigenvalue weighted by atomic mass is 10.1. The molecule has 0 amide bonds. The van der Waals surface area contributed by atoms with Gasteiger partial charge in [-0.1, -0.05) is 6.07 Å². The second kappa shape index (κ2) is 9.92. The van der Waals surface area contributed by atoms with Crippen molar-refractivity contribution in [2.24, 2.45) is 21.1 Å². The summed E-state index contributed by atoms with van der Waals surface area (Å²) in [5, 5.41) is 9.37. The van der Waals surface area contributed by atoms with Crippen molar-refractivity contribution < 1.29 is 27.7 Å². The first-order valence-electron chi connectivity index (χ1n) is 11.2. The molecular weight excluding hydrogens is 502 g/mol. The van der Waals surface area contributed by atoms with Crippen LogP contribution < -0.4 is 19.9 Å². The van der Waals surface area contributed by atoms with E-state index in [1.54, 1.807) is 58.4 Å². The Balaban J connectivity index is 1.72. The average molecular weight is 532 g/mol. The molecule has 4 aromatic rings. The monoisotopic (exact) mass is 531 g/mol. The van der Waals surface area contributed by atoms with Crippen LogP contribution in [0.2, 0.25) is 0 Å². The number of ether oxygens (including phenoxy) is 3. The number of nitrogens with one attached hydrogen (secondary N) is 1. The van der Waals surface area contributed by atoms with Gasteiger partial charge in [0, 0.05) is 46.6 Å². The molecule has 2 N–H and O–H groups in total. The summed E-state index contributed by atoms with van der Waals surface area (Å²) in [7, 11) is 2.32. The molecular formula is C24H29N5O7S. The number of fused-ring (bicyclic) bond motifs is 1. The Labute approximate surface area is 213 Å². The SMILES string of the molecule is COC(C)(CO)COc1cccc(Oc2cc3c(cc2NS(=O)(=O)c2cn(C)cn2)n(C)c(=O)n3C)c1. The van der Waals surface area contributed by atoms with Crippen LogP contribution in [0.15, 0.2) is 58.7 Å². The summed E-state index contributed by atoms with van der Waals surface area (Å²) in [5.41, 5.74) is 0.0359. The van der Waals surface area contributed by atoms with Gasteiger partial charge in [0.1, 0.15) is 23.7 Å². The molecule has 0 bridgehead atoms. The van der Waals surface area contributed by atoms with Gasteiger partial charge in [0.25, 0.3) is 10.0 Å². The Morgan fingerprint density at radius 1 is 1.08 bits per heavy atom. The molecule has 13 heteroatoms. The zero-order chi connectivity index (χ0) is 27.0. The van der Waals surface area contributed by atoms with E-state index in [0.29, 0.717) is 22.5 Å². The van der Waals surface area contributed by atoms with E-state index >= 15 is 0 Å². The fourth-order valence-electron chi connectivity index (χ4n) is 3.57. The second-order valence-corrected chi connectivity index (χ2v) is 10.5. The standard InChI is InChI=1S/C24H29N5O7S/c1-24(13-30,34-5)14-35-16-7-6-8-17(9-16)36-21-11-20-19(28(3)23(31)29(20)4)10-18(21)26-37(32,33)22-12-27(2)15-25-22/h6-12,15,26,30H,13-14H2,1-5H3. The first-order chi connectivity index (χ1) is 17.5. The molecule has 37 heavy (non-hydrogen) atoms. The van der Waals surface area contributed by atoms with Gasteiger partial charge in [0.15, 0.2) is 10.8 Å². The number of nitrogens with zero attached hydrogens (tertiary/aromatic N) is 4. The highest BCUT2D eigenvalue weighted by atomic mass is 32.2. The van der Waals surface area contributed by atoms with E-state index in [9.17, 15) is 18.3 Å². The molecule has 1 atom stereocenters. The lowest BCUT2D eigenvalue weighted by Gasteiger charge is -2.25. The number of benzene rings is 2. The number of aliphatic hydroxyl groups is 1. The first kappa shape index (κ1) is 26.3. The number of hydrogen-bond donors (Lipinski definition) is 2. The van der Waals surface area contributed by atoms with Gasteiger partial charge in [0.05, 0.1) is 29.7 Å². The third-order valence-corrected chi connectivity index (χ3v) is 7.23. The summed E-state index contributed by atoms with van der Waals surface area (Å²) in [6.45, 7) is 1.58. The molecule has 0 saturated heterocycles. The second-order valence-electron chi connectivity index (χ2n) is 8.90. The van der Waals surface area contributed by atoms with E-state index in [2.05, 4.69) is 9.71 Å². The normalized spacial score (nSPS) is 13.5. The van der Waals surface area contributed by atoms with Crippen molar-refractivity contribution in [2.45, 2.75) is 17.6 Å².